The van der Waals surface area contributed by atoms with Crippen molar-refractivity contribution in [2.75, 3.05) is 16.4 Å². The van der Waals surface area contributed by atoms with Gasteiger partial charge in [0.05, 0.1) is 17.1 Å². The molecule has 0 saturated carbocycles. The Morgan fingerprint density at radius 3 is 2.17 bits per heavy atom. The lowest BCUT2D eigenvalue weighted by Crippen LogP contribution is -2.30. The number of thioether (sulfide) groups is 1. The molecule has 12 heteroatoms. The predicted octanol–water partition coefficient (Wildman–Crippen LogP) is 6.93. The van der Waals surface area contributed by atoms with Crippen molar-refractivity contribution in [3.8, 4) is 5.69 Å². The van der Waals surface area contributed by atoms with Crippen LogP contribution in [-0.2, 0) is 16.6 Å². The van der Waals surface area contributed by atoms with Crippen molar-refractivity contribution in [3.63, 3.8) is 0 Å². The molecule has 0 aliphatic heterocycles. The van der Waals surface area contributed by atoms with E-state index in [1.54, 1.807) is 91.4 Å². The lowest BCUT2D eigenvalue weighted by molar-refractivity contribution is -0.114. The molecule has 47 heavy (non-hydrogen) atoms. The molecule has 3 N–H and O–H groups in total. The van der Waals surface area contributed by atoms with Gasteiger partial charge in [0.25, 0.3) is 17.4 Å². The van der Waals surface area contributed by atoms with Gasteiger partial charge in [-0.2, -0.15) is 0 Å². The molecule has 0 aliphatic carbocycles. The van der Waals surface area contributed by atoms with Crippen molar-refractivity contribution in [1.82, 2.24) is 14.7 Å². The van der Waals surface area contributed by atoms with E-state index in [-0.39, 0.29) is 28.6 Å². The average Bonchev–Trinajstić information content (AvgIpc) is 3.28. The molecule has 0 unspecified atom stereocenters. The molecular formula is C35H29Cl2N5O4S. The summed E-state index contributed by atoms with van der Waals surface area (Å²) in [7, 11) is 1.76. The Morgan fingerprint density at radius 1 is 0.851 bits per heavy atom. The number of rotatable bonds is 10. The molecule has 1 heterocycles. The second-order valence-corrected chi connectivity index (χ2v) is 12.2. The molecule has 238 valence electrons. The van der Waals surface area contributed by atoms with Crippen LogP contribution in [0, 0.1) is 6.92 Å². The topological polar surface area (TPSA) is 114 Å². The van der Waals surface area contributed by atoms with E-state index in [2.05, 4.69) is 16.0 Å². The number of amides is 3. The van der Waals surface area contributed by atoms with Crippen LogP contribution in [0.1, 0.15) is 21.6 Å². The second-order valence-electron chi connectivity index (χ2n) is 10.3. The zero-order chi connectivity index (χ0) is 33.5. The number of carbonyl (C=O) groups is 3. The van der Waals surface area contributed by atoms with Crippen LogP contribution in [0.2, 0.25) is 10.0 Å². The number of aromatic nitrogens is 2. The summed E-state index contributed by atoms with van der Waals surface area (Å²) < 4.78 is 3.20. The number of nitrogens with zero attached hydrogens (tertiary/aromatic N) is 2. The first-order valence-electron chi connectivity index (χ1n) is 14.3. The summed E-state index contributed by atoms with van der Waals surface area (Å²) in [5, 5.41) is 8.96. The third kappa shape index (κ3) is 8.23. The molecule has 0 aliphatic rings. The van der Waals surface area contributed by atoms with Crippen LogP contribution in [0.25, 0.3) is 11.8 Å². The van der Waals surface area contributed by atoms with E-state index in [1.165, 1.54) is 22.5 Å². The van der Waals surface area contributed by atoms with Crippen LogP contribution in [-0.4, -0.2) is 32.8 Å². The third-order valence-corrected chi connectivity index (χ3v) is 8.67. The molecule has 5 rings (SSSR count). The highest BCUT2D eigenvalue weighted by molar-refractivity contribution is 8.00. The van der Waals surface area contributed by atoms with Crippen LogP contribution >= 0.6 is 35.0 Å². The van der Waals surface area contributed by atoms with Gasteiger partial charge in [-0.3, -0.25) is 23.9 Å². The minimum Gasteiger partial charge on any atom is -0.321 e. The van der Waals surface area contributed by atoms with Gasteiger partial charge >= 0.3 is 0 Å². The van der Waals surface area contributed by atoms with Crippen molar-refractivity contribution < 1.29 is 14.4 Å². The molecule has 3 amide bonds. The first-order valence-corrected chi connectivity index (χ1v) is 16.1. The molecule has 4 aromatic carbocycles. The Bertz CT molecular complexity index is 2030. The van der Waals surface area contributed by atoms with Crippen LogP contribution < -0.4 is 21.5 Å². The smallest absolute Gasteiger partial charge is 0.295 e. The number of benzene rings is 4. The lowest BCUT2D eigenvalue weighted by Gasteiger charge is -2.12. The highest BCUT2D eigenvalue weighted by Crippen LogP contribution is 2.24. The van der Waals surface area contributed by atoms with Crippen LogP contribution in [0.5, 0.6) is 0 Å². The van der Waals surface area contributed by atoms with E-state index in [0.29, 0.717) is 38.2 Å². The van der Waals surface area contributed by atoms with E-state index >= 15 is 0 Å². The molecule has 0 saturated heterocycles. The summed E-state index contributed by atoms with van der Waals surface area (Å²) in [5.74, 6) is -1.31. The molecule has 9 nitrogen and oxygen atoms in total. The normalized spacial score (nSPS) is 11.2. The molecule has 5 aromatic rings. The van der Waals surface area contributed by atoms with Gasteiger partial charge in [-0.25, -0.2) is 4.68 Å². The van der Waals surface area contributed by atoms with Crippen molar-refractivity contribution in [2.24, 2.45) is 7.05 Å². The molecule has 0 bridgehead atoms. The van der Waals surface area contributed by atoms with Gasteiger partial charge in [0.15, 0.2) is 0 Å². The number of halogens is 2. The minimum atomic E-state index is -0.570. The van der Waals surface area contributed by atoms with Crippen LogP contribution in [0.3, 0.4) is 0 Å². The van der Waals surface area contributed by atoms with Gasteiger partial charge in [-0.05, 0) is 79.2 Å². The molecule has 1 aromatic heterocycles. The first kappa shape index (κ1) is 33.3. The number of anilines is 2. The fraction of sp³-hybridized carbons (Fsp3) is 0.0857. The van der Waals surface area contributed by atoms with Crippen molar-refractivity contribution in [1.29, 1.82) is 0 Å². The number of hydrogen-bond donors (Lipinski definition) is 3. The summed E-state index contributed by atoms with van der Waals surface area (Å²) in [6.45, 7) is 1.77. The summed E-state index contributed by atoms with van der Waals surface area (Å²) in [4.78, 5) is 53.0. The number of hydrogen-bond acceptors (Lipinski definition) is 5. The highest BCUT2D eigenvalue weighted by atomic mass is 35.5. The number of nitrogens with one attached hydrogen (secondary N) is 3. The first-order chi connectivity index (χ1) is 22.6. The zero-order valence-electron chi connectivity index (χ0n) is 25.3. The highest BCUT2D eigenvalue weighted by Gasteiger charge is 2.19. The monoisotopic (exact) mass is 685 g/mol. The third-order valence-electron chi connectivity index (χ3n) is 7.09. The molecular weight excluding hydrogens is 657 g/mol. The van der Waals surface area contributed by atoms with Gasteiger partial charge in [0.1, 0.15) is 11.4 Å². The lowest BCUT2D eigenvalue weighted by atomic mass is 10.1. The Balaban J connectivity index is 1.24. The number of para-hydroxylation sites is 1. The quantitative estimate of drug-likeness (QED) is 0.109. The average molecular weight is 687 g/mol. The van der Waals surface area contributed by atoms with E-state index in [9.17, 15) is 19.2 Å². The summed E-state index contributed by atoms with van der Waals surface area (Å²) >= 11 is 13.6. The molecule has 0 radical (unpaired) electrons. The van der Waals surface area contributed by atoms with Crippen molar-refractivity contribution in [3.05, 3.63) is 146 Å². The van der Waals surface area contributed by atoms with Gasteiger partial charge in [-0.15, -0.1) is 11.8 Å². The maximum absolute atomic E-state index is 13.4. The second kappa shape index (κ2) is 15.0. The maximum Gasteiger partial charge on any atom is 0.295 e. The largest absolute Gasteiger partial charge is 0.321 e. The van der Waals surface area contributed by atoms with E-state index < -0.39 is 11.8 Å². The zero-order valence-corrected chi connectivity index (χ0v) is 27.6. The summed E-state index contributed by atoms with van der Waals surface area (Å²) in [5.41, 5.74) is 2.54. The van der Waals surface area contributed by atoms with Crippen molar-refractivity contribution >= 4 is 70.1 Å². The predicted molar refractivity (Wildman–Crippen MR) is 189 cm³/mol. The van der Waals surface area contributed by atoms with E-state index in [4.69, 9.17) is 23.2 Å². The fourth-order valence-corrected chi connectivity index (χ4v) is 5.75. The molecule has 0 spiro atoms. The van der Waals surface area contributed by atoms with Gasteiger partial charge in [0.2, 0.25) is 5.91 Å². The Morgan fingerprint density at radius 2 is 1.51 bits per heavy atom. The Labute approximate surface area is 285 Å². The standard InChI is InChI=1S/C35H29Cl2N5O4S/c1-22-32(35(46)42(41(22)2)27-11-7-4-8-12-27)40-31(43)21-47-28-17-15-26(16-18-28)38-34(45)30(19-24-13-14-25(36)20-29(24)37)39-33(44)23-9-5-3-6-10-23/h3-20H,21H2,1-2H3,(H,38,45)(H,39,44)(H,40,43)/b30-19-. The number of carbonyl (C=O) groups excluding carboxylic acids is 3. The van der Waals surface area contributed by atoms with Crippen LogP contribution in [0.4, 0.5) is 11.4 Å². The molecule has 0 atom stereocenters. The summed E-state index contributed by atoms with van der Waals surface area (Å²) in [6, 6.07) is 29.4. The van der Waals surface area contributed by atoms with Gasteiger partial charge in [0, 0.05) is 33.2 Å². The van der Waals surface area contributed by atoms with E-state index in [1.807, 2.05) is 30.3 Å². The summed E-state index contributed by atoms with van der Waals surface area (Å²) in [6.07, 6.45) is 1.47. The maximum atomic E-state index is 13.4. The Kier molecular flexibility index (Phi) is 10.7. The molecule has 0 fully saturated rings. The van der Waals surface area contributed by atoms with Crippen LogP contribution in [0.15, 0.2) is 119 Å². The van der Waals surface area contributed by atoms with E-state index in [0.717, 1.165) is 4.90 Å². The minimum absolute atomic E-state index is 0.0271. The SMILES string of the molecule is Cc1c(NC(=O)CSc2ccc(NC(=O)/C(=C/c3ccc(Cl)cc3Cl)NC(=O)c3ccccc3)cc2)c(=O)n(-c2ccccc2)n1C. The fourth-order valence-electron chi connectivity index (χ4n) is 4.59. The van der Waals surface area contributed by atoms with Gasteiger partial charge < -0.3 is 16.0 Å². The van der Waals surface area contributed by atoms with Crippen molar-refractivity contribution in [2.45, 2.75) is 11.8 Å². The van der Waals surface area contributed by atoms with Gasteiger partial charge in [-0.1, -0.05) is 65.7 Å². The Hall–Kier alpha value is -5.03.